The summed E-state index contributed by atoms with van der Waals surface area (Å²) in [6, 6.07) is 8.04. The van der Waals surface area contributed by atoms with Crippen LogP contribution in [-0.4, -0.2) is 41.6 Å². The fourth-order valence-electron chi connectivity index (χ4n) is 2.91. The van der Waals surface area contributed by atoms with E-state index in [2.05, 4.69) is 0 Å². The van der Waals surface area contributed by atoms with Gasteiger partial charge in [-0.15, -0.1) is 0 Å². The van der Waals surface area contributed by atoms with Gasteiger partial charge < -0.3 is 19.2 Å². The van der Waals surface area contributed by atoms with Crippen LogP contribution in [0.15, 0.2) is 34.7 Å². The molecule has 1 atom stereocenters. The molecule has 0 spiro atoms. The maximum absolute atomic E-state index is 13.0. The summed E-state index contributed by atoms with van der Waals surface area (Å²) in [4.78, 5) is 25.9. The van der Waals surface area contributed by atoms with Gasteiger partial charge in [0, 0.05) is 12.1 Å². The van der Waals surface area contributed by atoms with Gasteiger partial charge in [-0.1, -0.05) is 0 Å². The van der Waals surface area contributed by atoms with Crippen molar-refractivity contribution >= 4 is 11.9 Å². The van der Waals surface area contributed by atoms with Gasteiger partial charge in [0.25, 0.3) is 5.91 Å². The van der Waals surface area contributed by atoms with Crippen LogP contribution in [0.25, 0.3) is 0 Å². The predicted octanol–water partition coefficient (Wildman–Crippen LogP) is 2.81. The fourth-order valence-corrected chi connectivity index (χ4v) is 2.91. The third-order valence-electron chi connectivity index (χ3n) is 4.05. The molecule has 0 radical (unpaired) electrons. The van der Waals surface area contributed by atoms with Crippen molar-refractivity contribution in [3.63, 3.8) is 0 Å². The summed E-state index contributed by atoms with van der Waals surface area (Å²) in [7, 11) is 0. The minimum Gasteiger partial charge on any atom is -0.478 e. The van der Waals surface area contributed by atoms with Gasteiger partial charge in [0.1, 0.15) is 17.6 Å². The maximum Gasteiger partial charge on any atom is 0.335 e. The summed E-state index contributed by atoms with van der Waals surface area (Å²) in [6.45, 7) is 4.85. The zero-order chi connectivity index (χ0) is 17.3. The molecule has 1 unspecified atom stereocenters. The number of morpholine rings is 1. The largest absolute Gasteiger partial charge is 0.478 e. The van der Waals surface area contributed by atoms with Gasteiger partial charge in [0.2, 0.25) is 0 Å². The Morgan fingerprint density at radius 2 is 1.92 bits per heavy atom. The Balaban J connectivity index is 1.93. The summed E-state index contributed by atoms with van der Waals surface area (Å²) >= 11 is 0. The summed E-state index contributed by atoms with van der Waals surface area (Å²) < 4.78 is 11.2. The van der Waals surface area contributed by atoms with Crippen molar-refractivity contribution < 1.29 is 23.8 Å². The third kappa shape index (κ3) is 3.19. The molecule has 2 aromatic rings. The minimum atomic E-state index is -1.05. The van der Waals surface area contributed by atoms with Crippen LogP contribution in [0.3, 0.4) is 0 Å². The first-order valence-corrected chi connectivity index (χ1v) is 7.76. The lowest BCUT2D eigenvalue weighted by Crippen LogP contribution is -2.43. The molecule has 1 amide bonds. The molecule has 1 fully saturated rings. The van der Waals surface area contributed by atoms with E-state index in [1.54, 1.807) is 24.0 Å². The molecule has 2 heterocycles. The number of aryl methyl sites for hydroxylation is 2. The SMILES string of the molecule is Cc1cc(C(=O)O)cc(C(=O)N2CCOCC2c2ccc(C)o2)c1. The zero-order valence-electron chi connectivity index (χ0n) is 13.6. The molecule has 6 nitrogen and oxygen atoms in total. The van der Waals surface area contributed by atoms with Crippen molar-refractivity contribution in [3.8, 4) is 0 Å². The smallest absolute Gasteiger partial charge is 0.335 e. The summed E-state index contributed by atoms with van der Waals surface area (Å²) in [5.74, 6) is 0.176. The highest BCUT2D eigenvalue weighted by molar-refractivity contribution is 5.98. The Labute approximate surface area is 139 Å². The normalized spacial score (nSPS) is 17.8. The van der Waals surface area contributed by atoms with E-state index in [9.17, 15) is 14.7 Å². The highest BCUT2D eigenvalue weighted by Crippen LogP contribution is 2.28. The van der Waals surface area contributed by atoms with Gasteiger partial charge in [-0.3, -0.25) is 4.79 Å². The van der Waals surface area contributed by atoms with Crippen LogP contribution in [-0.2, 0) is 4.74 Å². The monoisotopic (exact) mass is 329 g/mol. The van der Waals surface area contributed by atoms with Crippen molar-refractivity contribution in [2.75, 3.05) is 19.8 Å². The van der Waals surface area contributed by atoms with Crippen LogP contribution in [0.4, 0.5) is 0 Å². The molecule has 6 heteroatoms. The maximum atomic E-state index is 13.0. The highest BCUT2D eigenvalue weighted by Gasteiger charge is 2.31. The van der Waals surface area contributed by atoms with E-state index in [1.165, 1.54) is 6.07 Å². The number of aromatic carboxylic acids is 1. The van der Waals surface area contributed by atoms with Gasteiger partial charge >= 0.3 is 5.97 Å². The highest BCUT2D eigenvalue weighted by atomic mass is 16.5. The first kappa shape index (κ1) is 16.3. The zero-order valence-corrected chi connectivity index (χ0v) is 13.6. The topological polar surface area (TPSA) is 80.0 Å². The molecule has 1 saturated heterocycles. The molecule has 24 heavy (non-hydrogen) atoms. The quantitative estimate of drug-likeness (QED) is 0.936. The van der Waals surface area contributed by atoms with E-state index in [0.717, 1.165) is 11.3 Å². The Morgan fingerprint density at radius 3 is 2.58 bits per heavy atom. The number of amides is 1. The van der Waals surface area contributed by atoms with Crippen LogP contribution < -0.4 is 0 Å². The Bertz CT molecular complexity index is 779. The van der Waals surface area contributed by atoms with E-state index in [-0.39, 0.29) is 17.5 Å². The molecule has 0 bridgehead atoms. The average molecular weight is 329 g/mol. The first-order chi connectivity index (χ1) is 11.5. The molecule has 1 aliphatic heterocycles. The number of carboxylic acids is 1. The third-order valence-corrected chi connectivity index (χ3v) is 4.05. The number of ether oxygens (including phenoxy) is 1. The number of carboxylic acid groups (broad SMARTS) is 1. The number of rotatable bonds is 3. The summed E-state index contributed by atoms with van der Waals surface area (Å²) in [6.07, 6.45) is 0. The second-order valence-corrected chi connectivity index (χ2v) is 5.93. The second kappa shape index (κ2) is 6.49. The van der Waals surface area contributed by atoms with E-state index < -0.39 is 5.97 Å². The Morgan fingerprint density at radius 1 is 1.17 bits per heavy atom. The molecule has 0 saturated carbocycles. The van der Waals surface area contributed by atoms with Crippen molar-refractivity contribution in [1.29, 1.82) is 0 Å². The molecule has 0 aliphatic carbocycles. The standard InChI is InChI=1S/C18H19NO5/c1-11-7-13(9-14(8-11)18(21)22)17(20)19-5-6-23-10-15(19)16-4-3-12(2)24-16/h3-4,7-9,15H,5-6,10H2,1-2H3,(H,21,22). The van der Waals surface area contributed by atoms with Crippen LogP contribution in [0, 0.1) is 13.8 Å². The average Bonchev–Trinajstić information content (AvgIpc) is 3.00. The number of nitrogens with zero attached hydrogens (tertiary/aromatic N) is 1. The predicted molar refractivity (Wildman–Crippen MR) is 86.2 cm³/mol. The number of carbonyl (C=O) groups is 2. The van der Waals surface area contributed by atoms with Crippen molar-refractivity contribution in [2.45, 2.75) is 19.9 Å². The molecule has 1 aliphatic rings. The molecule has 1 N–H and O–H groups in total. The summed E-state index contributed by atoms with van der Waals surface area (Å²) in [5.41, 5.74) is 1.21. The fraction of sp³-hybridized carbons (Fsp3) is 0.333. The van der Waals surface area contributed by atoms with E-state index in [1.807, 2.05) is 19.1 Å². The van der Waals surface area contributed by atoms with Gasteiger partial charge in [0.05, 0.1) is 18.8 Å². The van der Waals surface area contributed by atoms with E-state index in [4.69, 9.17) is 9.15 Å². The number of carbonyl (C=O) groups excluding carboxylic acids is 1. The lowest BCUT2D eigenvalue weighted by atomic mass is 10.0. The van der Waals surface area contributed by atoms with E-state index in [0.29, 0.717) is 31.1 Å². The van der Waals surface area contributed by atoms with Gasteiger partial charge in [-0.05, 0) is 49.7 Å². The van der Waals surface area contributed by atoms with Crippen LogP contribution in [0.1, 0.15) is 43.8 Å². The molecular formula is C18H19NO5. The molecule has 1 aromatic heterocycles. The number of hydrogen-bond acceptors (Lipinski definition) is 4. The number of benzene rings is 1. The van der Waals surface area contributed by atoms with Crippen LogP contribution in [0.2, 0.25) is 0 Å². The molecule has 1 aromatic carbocycles. The van der Waals surface area contributed by atoms with E-state index >= 15 is 0 Å². The van der Waals surface area contributed by atoms with Gasteiger partial charge in [0.15, 0.2) is 0 Å². The number of furan rings is 1. The van der Waals surface area contributed by atoms with Crippen LogP contribution in [0.5, 0.6) is 0 Å². The van der Waals surface area contributed by atoms with Gasteiger partial charge in [-0.2, -0.15) is 0 Å². The first-order valence-electron chi connectivity index (χ1n) is 7.76. The van der Waals surface area contributed by atoms with Gasteiger partial charge in [-0.25, -0.2) is 4.79 Å². The second-order valence-electron chi connectivity index (χ2n) is 5.93. The molecule has 3 rings (SSSR count). The molecular weight excluding hydrogens is 310 g/mol. The minimum absolute atomic E-state index is 0.108. The van der Waals surface area contributed by atoms with Crippen molar-refractivity contribution in [2.24, 2.45) is 0 Å². The summed E-state index contributed by atoms with van der Waals surface area (Å²) in [5, 5.41) is 9.20. The Hall–Kier alpha value is -2.60. The lowest BCUT2D eigenvalue weighted by Gasteiger charge is -2.34. The van der Waals surface area contributed by atoms with Crippen LogP contribution >= 0.6 is 0 Å². The number of hydrogen-bond donors (Lipinski definition) is 1. The lowest BCUT2D eigenvalue weighted by molar-refractivity contribution is -0.00895. The van der Waals surface area contributed by atoms with Crippen molar-refractivity contribution in [1.82, 2.24) is 4.90 Å². The Kier molecular flexibility index (Phi) is 4.40. The molecule has 126 valence electrons. The van der Waals surface area contributed by atoms with Crippen molar-refractivity contribution in [3.05, 3.63) is 58.5 Å².